The van der Waals surface area contributed by atoms with Crippen molar-refractivity contribution in [1.82, 2.24) is 25.3 Å². The fraction of sp³-hybridized carbons (Fsp3) is 0.567. The molecule has 0 bridgehead atoms. The number of phenolic OH excluding ortho intramolecular Hbond substituents is 1. The number of hydrogen-bond donors (Lipinski definition) is 4. The van der Waals surface area contributed by atoms with Gasteiger partial charge >= 0.3 is 0 Å². The van der Waals surface area contributed by atoms with Crippen LogP contribution in [0.2, 0.25) is 0 Å². The summed E-state index contributed by atoms with van der Waals surface area (Å²) in [5, 5.41) is 30.6. The molecule has 1 aromatic heterocycles. The quantitative estimate of drug-likeness (QED) is 0.259. The van der Waals surface area contributed by atoms with Crippen molar-refractivity contribution < 1.29 is 24.6 Å². The standard InChI is InChI=1S/C30H43N7O5/c31-30-25(19-24(33-34-30)23-9-7-8-10-26(23)39)35-15-17-36(18-16-35)28(41)12-6-4-2-1-3-5-11-27(40)32-20-29(42)37-14-13-22(38)21-37/h7-10,19,22,38-39H,1-6,11-18,20-21H2,(H2,31,34)(H,32,40)/t22-/m1/s1. The van der Waals surface area contributed by atoms with Gasteiger partial charge in [0.2, 0.25) is 17.7 Å². The Morgan fingerprint density at radius 3 is 2.26 bits per heavy atom. The van der Waals surface area contributed by atoms with Crippen LogP contribution in [0.5, 0.6) is 5.75 Å². The van der Waals surface area contributed by atoms with Gasteiger partial charge in [-0.1, -0.05) is 37.8 Å². The topological polar surface area (TPSA) is 165 Å². The number of para-hydroxylation sites is 1. The first kappa shape index (κ1) is 31.0. The zero-order valence-electron chi connectivity index (χ0n) is 24.2. The van der Waals surface area contributed by atoms with E-state index in [-0.39, 0.29) is 30.0 Å². The molecule has 3 heterocycles. The number of amides is 3. The van der Waals surface area contributed by atoms with Crippen LogP contribution in [0.3, 0.4) is 0 Å². The van der Waals surface area contributed by atoms with Gasteiger partial charge < -0.3 is 36.0 Å². The number of carbonyl (C=O) groups excluding carboxylic acids is 3. The van der Waals surface area contributed by atoms with Gasteiger partial charge in [0, 0.05) is 57.7 Å². The number of hydrogen-bond acceptors (Lipinski definition) is 9. The molecule has 1 aromatic carbocycles. The Morgan fingerprint density at radius 2 is 1.57 bits per heavy atom. The monoisotopic (exact) mass is 581 g/mol. The van der Waals surface area contributed by atoms with Crippen LogP contribution in [0.1, 0.15) is 57.8 Å². The van der Waals surface area contributed by atoms with Crippen molar-refractivity contribution in [2.24, 2.45) is 0 Å². The van der Waals surface area contributed by atoms with E-state index in [1.54, 1.807) is 23.1 Å². The molecule has 2 aromatic rings. The second-order valence-corrected chi connectivity index (χ2v) is 11.1. The van der Waals surface area contributed by atoms with Crippen molar-refractivity contribution in [1.29, 1.82) is 0 Å². The average Bonchev–Trinajstić information content (AvgIpc) is 3.44. The maximum atomic E-state index is 12.8. The van der Waals surface area contributed by atoms with Gasteiger partial charge in [0.1, 0.15) is 5.75 Å². The van der Waals surface area contributed by atoms with Crippen molar-refractivity contribution in [3.8, 4) is 17.0 Å². The second kappa shape index (κ2) is 15.3. The van der Waals surface area contributed by atoms with Crippen molar-refractivity contribution in [2.75, 3.05) is 56.4 Å². The third kappa shape index (κ3) is 8.78. The first-order valence-electron chi connectivity index (χ1n) is 15.0. The molecule has 0 aliphatic carbocycles. The fourth-order valence-electron chi connectivity index (χ4n) is 5.43. The third-order valence-electron chi connectivity index (χ3n) is 7.95. The third-order valence-corrected chi connectivity index (χ3v) is 7.95. The summed E-state index contributed by atoms with van der Waals surface area (Å²) in [6.45, 7) is 3.39. The summed E-state index contributed by atoms with van der Waals surface area (Å²) in [7, 11) is 0. The predicted octanol–water partition coefficient (Wildman–Crippen LogP) is 1.91. The number of benzene rings is 1. The lowest BCUT2D eigenvalue weighted by molar-refractivity contribution is -0.132. The van der Waals surface area contributed by atoms with Crippen LogP contribution in [0.4, 0.5) is 11.5 Å². The Kier molecular flexibility index (Phi) is 11.3. The van der Waals surface area contributed by atoms with E-state index < -0.39 is 6.10 Å². The highest BCUT2D eigenvalue weighted by Crippen LogP contribution is 2.31. The molecule has 12 nitrogen and oxygen atoms in total. The first-order valence-corrected chi connectivity index (χ1v) is 15.0. The summed E-state index contributed by atoms with van der Waals surface area (Å²) in [6, 6.07) is 8.81. The molecule has 2 saturated heterocycles. The molecule has 0 unspecified atom stereocenters. The number of nitrogens with one attached hydrogen (secondary N) is 1. The number of unbranched alkanes of at least 4 members (excludes halogenated alkanes) is 5. The summed E-state index contributed by atoms with van der Waals surface area (Å²) in [5.41, 5.74) is 8.01. The maximum absolute atomic E-state index is 12.8. The summed E-state index contributed by atoms with van der Waals surface area (Å²) in [4.78, 5) is 42.4. The summed E-state index contributed by atoms with van der Waals surface area (Å²) in [5.74, 6) is 0.355. The van der Waals surface area contributed by atoms with Gasteiger partial charge in [-0.05, 0) is 37.5 Å². The number of aliphatic hydroxyl groups excluding tert-OH is 1. The molecule has 42 heavy (non-hydrogen) atoms. The van der Waals surface area contributed by atoms with E-state index in [0.717, 1.165) is 44.2 Å². The van der Waals surface area contributed by atoms with Gasteiger partial charge in [-0.3, -0.25) is 14.4 Å². The predicted molar refractivity (Wildman–Crippen MR) is 159 cm³/mol. The summed E-state index contributed by atoms with van der Waals surface area (Å²) in [6.07, 6.45) is 6.63. The maximum Gasteiger partial charge on any atom is 0.242 e. The molecule has 0 spiro atoms. The number of nitrogens with zero attached hydrogens (tertiary/aromatic N) is 5. The Labute approximate surface area is 246 Å². The highest BCUT2D eigenvalue weighted by Gasteiger charge is 2.25. The lowest BCUT2D eigenvalue weighted by Crippen LogP contribution is -2.49. The molecule has 12 heteroatoms. The van der Waals surface area contributed by atoms with E-state index in [0.29, 0.717) is 75.6 Å². The number of likely N-dealkylation sites (tertiary alicyclic amines) is 1. The summed E-state index contributed by atoms with van der Waals surface area (Å²) < 4.78 is 0. The molecular formula is C30H43N7O5. The van der Waals surface area contributed by atoms with E-state index in [1.807, 2.05) is 17.0 Å². The minimum absolute atomic E-state index is 0.00971. The van der Waals surface area contributed by atoms with Gasteiger partial charge in [-0.2, -0.15) is 0 Å². The Bertz CT molecular complexity index is 1220. The van der Waals surface area contributed by atoms with E-state index in [9.17, 15) is 24.6 Å². The van der Waals surface area contributed by atoms with E-state index in [1.165, 1.54) is 0 Å². The number of anilines is 2. The number of piperazine rings is 1. The van der Waals surface area contributed by atoms with Crippen LogP contribution < -0.4 is 16.0 Å². The Hall–Kier alpha value is -3.93. The van der Waals surface area contributed by atoms with Crippen LogP contribution in [-0.2, 0) is 14.4 Å². The molecule has 228 valence electrons. The number of carbonyl (C=O) groups is 3. The van der Waals surface area contributed by atoms with E-state index in [2.05, 4.69) is 20.4 Å². The molecule has 3 amide bonds. The number of aliphatic hydroxyl groups is 1. The van der Waals surface area contributed by atoms with Crippen LogP contribution in [0, 0.1) is 0 Å². The average molecular weight is 582 g/mol. The van der Waals surface area contributed by atoms with Crippen molar-refractivity contribution in [3.63, 3.8) is 0 Å². The lowest BCUT2D eigenvalue weighted by Gasteiger charge is -2.36. The van der Waals surface area contributed by atoms with Gasteiger partial charge in [-0.15, -0.1) is 10.2 Å². The molecule has 4 rings (SSSR count). The molecule has 0 saturated carbocycles. The van der Waals surface area contributed by atoms with Crippen LogP contribution in [0.15, 0.2) is 30.3 Å². The minimum Gasteiger partial charge on any atom is -0.507 e. The highest BCUT2D eigenvalue weighted by molar-refractivity contribution is 5.85. The number of aromatic hydroxyl groups is 1. The highest BCUT2D eigenvalue weighted by atomic mass is 16.3. The van der Waals surface area contributed by atoms with E-state index >= 15 is 0 Å². The van der Waals surface area contributed by atoms with Crippen molar-refractivity contribution >= 4 is 29.2 Å². The zero-order chi connectivity index (χ0) is 29.9. The van der Waals surface area contributed by atoms with Gasteiger partial charge in [0.25, 0.3) is 0 Å². The lowest BCUT2D eigenvalue weighted by atomic mass is 10.1. The second-order valence-electron chi connectivity index (χ2n) is 11.1. The Morgan fingerprint density at radius 1 is 0.881 bits per heavy atom. The molecule has 0 radical (unpaired) electrons. The van der Waals surface area contributed by atoms with Crippen molar-refractivity contribution in [3.05, 3.63) is 30.3 Å². The number of rotatable bonds is 13. The SMILES string of the molecule is Nc1nnc(-c2ccccc2O)cc1N1CCN(C(=O)CCCCCCCCC(=O)NCC(=O)N2CC[C@@H](O)C2)CC1. The smallest absolute Gasteiger partial charge is 0.242 e. The van der Waals surface area contributed by atoms with Crippen LogP contribution in [-0.4, -0.2) is 99.8 Å². The molecule has 5 N–H and O–H groups in total. The number of nitrogen functional groups attached to an aromatic ring is 1. The number of nitrogens with two attached hydrogens (primary N) is 1. The number of aromatic nitrogens is 2. The number of β-amino-alcohol motifs (C(OH)–C–C–N with tert-alkyl or cyclic N) is 1. The largest absolute Gasteiger partial charge is 0.507 e. The van der Waals surface area contributed by atoms with Gasteiger partial charge in [0.05, 0.1) is 24.0 Å². The van der Waals surface area contributed by atoms with Crippen LogP contribution >= 0.6 is 0 Å². The first-order chi connectivity index (χ1) is 20.3. The molecule has 1 atom stereocenters. The van der Waals surface area contributed by atoms with Gasteiger partial charge in [-0.25, -0.2) is 0 Å². The van der Waals surface area contributed by atoms with Crippen molar-refractivity contribution in [2.45, 2.75) is 63.9 Å². The molecule has 2 fully saturated rings. The fourth-order valence-corrected chi connectivity index (χ4v) is 5.43. The van der Waals surface area contributed by atoms with Gasteiger partial charge in [0.15, 0.2) is 5.82 Å². The molecular weight excluding hydrogens is 538 g/mol. The minimum atomic E-state index is -0.456. The zero-order valence-corrected chi connectivity index (χ0v) is 24.2. The number of phenols is 1. The van der Waals surface area contributed by atoms with Crippen LogP contribution in [0.25, 0.3) is 11.3 Å². The van der Waals surface area contributed by atoms with E-state index in [4.69, 9.17) is 5.73 Å². The molecule has 2 aliphatic rings. The normalized spacial score (nSPS) is 17.0. The molecule has 2 aliphatic heterocycles. The summed E-state index contributed by atoms with van der Waals surface area (Å²) >= 11 is 0. The Balaban J connectivity index is 1.06.